The monoisotopic (exact) mass is 431 g/mol. The highest BCUT2D eigenvalue weighted by Gasteiger charge is 2.37. The molecule has 0 spiro atoms. The molecule has 1 aliphatic rings. The molecular formula is C15H16F3N7O3S. The second kappa shape index (κ2) is 6.95. The molecule has 3 aromatic rings. The third kappa shape index (κ3) is 3.89. The van der Waals surface area contributed by atoms with Crippen LogP contribution >= 0.6 is 0 Å². The van der Waals surface area contributed by atoms with Gasteiger partial charge >= 0.3 is 6.18 Å². The van der Waals surface area contributed by atoms with Gasteiger partial charge in [-0.3, -0.25) is 0 Å². The molecule has 14 heteroatoms. The molecule has 0 saturated carbocycles. The minimum absolute atomic E-state index is 0.159. The number of sulfonamides is 1. The second-order valence-electron chi connectivity index (χ2n) is 6.53. The zero-order chi connectivity index (χ0) is 20.8. The van der Waals surface area contributed by atoms with E-state index in [0.717, 1.165) is 4.52 Å². The highest BCUT2D eigenvalue weighted by molar-refractivity contribution is 7.88. The lowest BCUT2D eigenvalue weighted by atomic mass is 10.3. The Hall–Kier alpha value is -2.74. The summed E-state index contributed by atoms with van der Waals surface area (Å²) >= 11 is 0. The van der Waals surface area contributed by atoms with Crippen LogP contribution in [0.25, 0.3) is 5.78 Å². The Labute approximate surface area is 163 Å². The van der Waals surface area contributed by atoms with E-state index in [1.807, 2.05) is 0 Å². The predicted molar refractivity (Wildman–Crippen MR) is 93.4 cm³/mol. The minimum atomic E-state index is -4.69. The van der Waals surface area contributed by atoms with Crippen molar-refractivity contribution in [2.24, 2.45) is 0 Å². The van der Waals surface area contributed by atoms with Gasteiger partial charge in [0.2, 0.25) is 10.0 Å². The number of aryl methyl sites for hydroxylation is 1. The first-order valence-electron chi connectivity index (χ1n) is 8.57. The molecule has 4 heterocycles. The lowest BCUT2D eigenvalue weighted by Crippen LogP contribution is -2.49. The number of aromatic nitrogens is 5. The highest BCUT2D eigenvalue weighted by atomic mass is 32.2. The molecule has 156 valence electrons. The van der Waals surface area contributed by atoms with Crippen LogP contribution in [0, 0.1) is 6.92 Å². The Morgan fingerprint density at radius 3 is 2.52 bits per heavy atom. The van der Waals surface area contributed by atoms with E-state index < -0.39 is 22.0 Å². The Morgan fingerprint density at radius 2 is 1.90 bits per heavy atom. The van der Waals surface area contributed by atoms with Crippen LogP contribution in [-0.2, 0) is 22.0 Å². The van der Waals surface area contributed by atoms with Crippen LogP contribution in [0.4, 0.5) is 19.0 Å². The number of alkyl halides is 3. The van der Waals surface area contributed by atoms with Gasteiger partial charge < -0.3 is 9.42 Å². The number of hydrogen-bond acceptors (Lipinski definition) is 8. The van der Waals surface area contributed by atoms with E-state index in [9.17, 15) is 21.6 Å². The quantitative estimate of drug-likeness (QED) is 0.604. The van der Waals surface area contributed by atoms with Crippen molar-refractivity contribution in [3.05, 3.63) is 35.6 Å². The summed E-state index contributed by atoms with van der Waals surface area (Å²) in [5.74, 6) is -1.33. The summed E-state index contributed by atoms with van der Waals surface area (Å²) in [6.07, 6.45) is -3.39. The Morgan fingerprint density at radius 1 is 1.17 bits per heavy atom. The predicted octanol–water partition coefficient (Wildman–Crippen LogP) is 1.09. The number of halogens is 3. The molecule has 0 aromatic carbocycles. The smallest absolute Gasteiger partial charge is 0.364 e. The summed E-state index contributed by atoms with van der Waals surface area (Å²) in [7, 11) is -3.59. The number of hydrogen-bond donors (Lipinski definition) is 0. The fourth-order valence-corrected chi connectivity index (χ4v) is 4.52. The molecule has 3 aromatic heterocycles. The molecule has 0 aliphatic carbocycles. The topological polar surface area (TPSA) is 110 Å². The van der Waals surface area contributed by atoms with Crippen LogP contribution in [-0.4, -0.2) is 63.6 Å². The molecule has 29 heavy (non-hydrogen) atoms. The van der Waals surface area contributed by atoms with E-state index in [-0.39, 0.29) is 37.7 Å². The van der Waals surface area contributed by atoms with Gasteiger partial charge in [0.1, 0.15) is 17.8 Å². The zero-order valence-corrected chi connectivity index (χ0v) is 16.0. The van der Waals surface area contributed by atoms with Gasteiger partial charge in [-0.2, -0.15) is 27.0 Å². The first kappa shape index (κ1) is 19.6. The van der Waals surface area contributed by atoms with Gasteiger partial charge in [-0.05, 0) is 6.92 Å². The summed E-state index contributed by atoms with van der Waals surface area (Å²) in [5.41, 5.74) is 0.788. The van der Waals surface area contributed by atoms with Gasteiger partial charge in [0.05, 0.1) is 5.69 Å². The molecule has 0 radical (unpaired) electrons. The van der Waals surface area contributed by atoms with Gasteiger partial charge in [0.25, 0.3) is 11.6 Å². The summed E-state index contributed by atoms with van der Waals surface area (Å²) in [6.45, 7) is 2.54. The summed E-state index contributed by atoms with van der Waals surface area (Å²) in [4.78, 5) is 9.23. The molecule has 0 unspecified atom stereocenters. The van der Waals surface area contributed by atoms with Gasteiger partial charge in [0.15, 0.2) is 0 Å². The maximum absolute atomic E-state index is 13.0. The van der Waals surface area contributed by atoms with Gasteiger partial charge in [0, 0.05) is 44.0 Å². The summed E-state index contributed by atoms with van der Waals surface area (Å²) in [6, 6.07) is 3.08. The first-order valence-corrected chi connectivity index (χ1v) is 10.2. The van der Waals surface area contributed by atoms with Crippen LogP contribution in [0.2, 0.25) is 0 Å². The lowest BCUT2D eigenvalue weighted by Gasteiger charge is -2.35. The fraction of sp³-hybridized carbons (Fsp3) is 0.467. The molecule has 0 atom stereocenters. The molecule has 4 rings (SSSR count). The SMILES string of the molecule is Cc1cc(N2CCN(S(=O)(=O)Cc3ccon3)CC2)n2nc(C(F)(F)F)nc2n1. The zero-order valence-electron chi connectivity index (χ0n) is 15.2. The Kier molecular flexibility index (Phi) is 4.69. The third-order valence-corrected chi connectivity index (χ3v) is 6.27. The average Bonchev–Trinajstić information content (AvgIpc) is 3.30. The van der Waals surface area contributed by atoms with E-state index in [4.69, 9.17) is 0 Å². The van der Waals surface area contributed by atoms with E-state index in [0.29, 0.717) is 17.2 Å². The minimum Gasteiger partial charge on any atom is -0.364 e. The van der Waals surface area contributed by atoms with E-state index in [1.54, 1.807) is 17.9 Å². The number of piperazine rings is 1. The number of fused-ring (bicyclic) bond motifs is 1. The Balaban J connectivity index is 1.55. The number of anilines is 1. The van der Waals surface area contributed by atoms with E-state index >= 15 is 0 Å². The van der Waals surface area contributed by atoms with E-state index in [1.165, 1.54) is 16.6 Å². The molecule has 0 amide bonds. The fourth-order valence-electron chi connectivity index (χ4n) is 3.10. The second-order valence-corrected chi connectivity index (χ2v) is 8.50. The van der Waals surface area contributed by atoms with Gasteiger partial charge in [-0.1, -0.05) is 5.16 Å². The molecule has 1 aliphatic heterocycles. The molecule has 1 saturated heterocycles. The summed E-state index contributed by atoms with van der Waals surface area (Å²) in [5, 5.41) is 7.16. The highest BCUT2D eigenvalue weighted by Crippen LogP contribution is 2.28. The third-order valence-electron chi connectivity index (χ3n) is 4.45. The Bertz CT molecular complexity index is 1120. The van der Waals surface area contributed by atoms with Crippen molar-refractivity contribution in [1.82, 2.24) is 29.0 Å². The largest absolute Gasteiger partial charge is 0.453 e. The van der Waals surface area contributed by atoms with Gasteiger partial charge in [-0.15, -0.1) is 5.10 Å². The lowest BCUT2D eigenvalue weighted by molar-refractivity contribution is -0.144. The summed E-state index contributed by atoms with van der Waals surface area (Å²) < 4.78 is 71.0. The average molecular weight is 431 g/mol. The van der Waals surface area contributed by atoms with Crippen LogP contribution in [0.5, 0.6) is 0 Å². The van der Waals surface area contributed by atoms with Crippen molar-refractivity contribution in [2.45, 2.75) is 18.9 Å². The van der Waals surface area contributed by atoms with Crippen LogP contribution in [0.15, 0.2) is 22.9 Å². The first-order chi connectivity index (χ1) is 13.6. The molecule has 0 N–H and O–H groups in total. The van der Waals surface area contributed by atoms with E-state index in [2.05, 4.69) is 24.7 Å². The van der Waals surface area contributed by atoms with Crippen molar-refractivity contribution in [3.63, 3.8) is 0 Å². The molecule has 10 nitrogen and oxygen atoms in total. The number of rotatable bonds is 4. The van der Waals surface area contributed by atoms with Crippen molar-refractivity contribution < 1.29 is 26.1 Å². The van der Waals surface area contributed by atoms with Crippen LogP contribution in [0.3, 0.4) is 0 Å². The normalized spacial score (nSPS) is 16.6. The van der Waals surface area contributed by atoms with Crippen molar-refractivity contribution in [1.29, 1.82) is 0 Å². The maximum Gasteiger partial charge on any atom is 0.453 e. The van der Waals surface area contributed by atoms with Gasteiger partial charge in [-0.25, -0.2) is 13.4 Å². The standard InChI is InChI=1S/C15H16F3N7O3S/c1-10-8-12(25-14(19-10)20-13(21-25)15(16,17)18)23-3-5-24(6-4-23)29(26,27)9-11-2-7-28-22-11/h2,7-8H,3-6,9H2,1H3. The van der Waals surface area contributed by atoms with Crippen molar-refractivity contribution in [3.8, 4) is 0 Å². The molecular weight excluding hydrogens is 415 g/mol. The number of nitrogens with zero attached hydrogens (tertiary/aromatic N) is 7. The van der Waals surface area contributed by atoms with Crippen molar-refractivity contribution in [2.75, 3.05) is 31.1 Å². The molecule has 1 fully saturated rings. The molecule has 0 bridgehead atoms. The maximum atomic E-state index is 13.0. The van der Waals surface area contributed by atoms with Crippen LogP contribution in [0.1, 0.15) is 17.2 Å². The van der Waals surface area contributed by atoms with Crippen LogP contribution < -0.4 is 4.90 Å². The van der Waals surface area contributed by atoms with Crippen molar-refractivity contribution >= 4 is 21.6 Å².